The van der Waals surface area contributed by atoms with Gasteiger partial charge in [0.15, 0.2) is 0 Å². The predicted octanol–water partition coefficient (Wildman–Crippen LogP) is 2.61. The Hall–Kier alpha value is -3.94. The second kappa shape index (κ2) is 10.4. The third kappa shape index (κ3) is 5.40. The molecule has 0 aliphatic heterocycles. The number of ether oxygens (including phenoxy) is 2. The van der Waals surface area contributed by atoms with Gasteiger partial charge in [0.05, 0.1) is 37.5 Å². The molecule has 0 aliphatic carbocycles. The Morgan fingerprint density at radius 1 is 1.00 bits per heavy atom. The molecule has 0 radical (unpaired) electrons. The third-order valence-electron chi connectivity index (χ3n) is 4.95. The van der Waals surface area contributed by atoms with Gasteiger partial charge >= 0.3 is 11.9 Å². The summed E-state index contributed by atoms with van der Waals surface area (Å²) < 4.78 is 11.6. The van der Waals surface area contributed by atoms with Gasteiger partial charge in [0.1, 0.15) is 6.04 Å². The lowest BCUT2D eigenvalue weighted by Gasteiger charge is -2.16. The molecule has 1 N–H and O–H groups in total. The number of carbonyl (C=O) groups excluding carboxylic acids is 3. The SMILES string of the molecule is COC(=O)c1ccc(-c2c(CC(NC(C)=O)C(=O)OC)ncn2Cc2ccccc2)cc1. The van der Waals surface area contributed by atoms with Crippen LogP contribution in [0.5, 0.6) is 0 Å². The number of esters is 2. The molecule has 8 heteroatoms. The summed E-state index contributed by atoms with van der Waals surface area (Å²) >= 11 is 0. The van der Waals surface area contributed by atoms with Crippen LogP contribution >= 0.6 is 0 Å². The van der Waals surface area contributed by atoms with Crippen LogP contribution in [0.3, 0.4) is 0 Å². The molecule has 0 bridgehead atoms. The van der Waals surface area contributed by atoms with Crippen molar-refractivity contribution < 1.29 is 23.9 Å². The molecule has 166 valence electrons. The zero-order chi connectivity index (χ0) is 23.1. The van der Waals surface area contributed by atoms with Gasteiger partial charge in [-0.1, -0.05) is 42.5 Å². The molecular weight excluding hydrogens is 410 g/mol. The lowest BCUT2D eigenvalue weighted by atomic mass is 10.0. The van der Waals surface area contributed by atoms with Gasteiger partial charge in [0.2, 0.25) is 5.91 Å². The van der Waals surface area contributed by atoms with Crippen molar-refractivity contribution in [1.82, 2.24) is 14.9 Å². The Bertz CT molecular complexity index is 1090. The maximum absolute atomic E-state index is 12.2. The van der Waals surface area contributed by atoms with Crippen molar-refractivity contribution in [2.75, 3.05) is 14.2 Å². The first-order chi connectivity index (χ1) is 15.4. The average Bonchev–Trinajstić information content (AvgIpc) is 3.19. The molecule has 3 aromatic rings. The van der Waals surface area contributed by atoms with Crippen LogP contribution in [0.4, 0.5) is 0 Å². The molecular formula is C24H25N3O5. The highest BCUT2D eigenvalue weighted by molar-refractivity contribution is 5.90. The van der Waals surface area contributed by atoms with Gasteiger partial charge < -0.3 is 19.4 Å². The number of benzene rings is 2. The summed E-state index contributed by atoms with van der Waals surface area (Å²) in [5.41, 5.74) is 3.72. The van der Waals surface area contributed by atoms with E-state index < -0.39 is 18.0 Å². The molecule has 1 aromatic heterocycles. The topological polar surface area (TPSA) is 99.5 Å². The smallest absolute Gasteiger partial charge is 0.337 e. The summed E-state index contributed by atoms with van der Waals surface area (Å²) in [5, 5.41) is 2.62. The van der Waals surface area contributed by atoms with E-state index in [1.807, 2.05) is 34.9 Å². The molecule has 1 unspecified atom stereocenters. The van der Waals surface area contributed by atoms with Crippen molar-refractivity contribution in [3.63, 3.8) is 0 Å². The number of nitrogens with one attached hydrogen (secondary N) is 1. The summed E-state index contributed by atoms with van der Waals surface area (Å²) in [5.74, 6) is -1.32. The molecule has 1 atom stereocenters. The molecule has 0 spiro atoms. The first kappa shape index (κ1) is 22.7. The standard InChI is InChI=1S/C24H25N3O5/c1-16(28)26-21(24(30)32-3)13-20-22(18-9-11-19(12-10-18)23(29)31-2)27(15-25-20)14-17-7-5-4-6-8-17/h4-12,15,21H,13-14H2,1-3H3,(H,26,28). The zero-order valence-electron chi connectivity index (χ0n) is 18.2. The van der Waals surface area contributed by atoms with Crippen molar-refractivity contribution in [1.29, 1.82) is 0 Å². The van der Waals surface area contributed by atoms with Crippen LogP contribution < -0.4 is 5.32 Å². The van der Waals surface area contributed by atoms with Crippen LogP contribution in [0.1, 0.15) is 28.5 Å². The van der Waals surface area contributed by atoms with E-state index in [9.17, 15) is 14.4 Å². The number of nitrogens with zero attached hydrogens (tertiary/aromatic N) is 2. The highest BCUT2D eigenvalue weighted by atomic mass is 16.5. The summed E-state index contributed by atoms with van der Waals surface area (Å²) in [4.78, 5) is 40.2. The molecule has 32 heavy (non-hydrogen) atoms. The summed E-state index contributed by atoms with van der Waals surface area (Å²) in [6.45, 7) is 1.90. The lowest BCUT2D eigenvalue weighted by molar-refractivity contribution is -0.144. The van der Waals surface area contributed by atoms with E-state index >= 15 is 0 Å². The number of amides is 1. The van der Waals surface area contributed by atoms with Crippen molar-refractivity contribution in [2.24, 2.45) is 0 Å². The monoisotopic (exact) mass is 435 g/mol. The van der Waals surface area contributed by atoms with Crippen LogP contribution in [0.15, 0.2) is 60.9 Å². The second-order valence-electron chi connectivity index (χ2n) is 7.20. The fourth-order valence-electron chi connectivity index (χ4n) is 3.46. The van der Waals surface area contributed by atoms with E-state index in [-0.39, 0.29) is 12.3 Å². The largest absolute Gasteiger partial charge is 0.467 e. The number of aromatic nitrogens is 2. The van der Waals surface area contributed by atoms with Gasteiger partial charge in [-0.25, -0.2) is 14.6 Å². The number of hydrogen-bond acceptors (Lipinski definition) is 6. The third-order valence-corrected chi connectivity index (χ3v) is 4.95. The Morgan fingerprint density at radius 3 is 2.28 bits per heavy atom. The van der Waals surface area contributed by atoms with E-state index in [0.29, 0.717) is 17.8 Å². The second-order valence-corrected chi connectivity index (χ2v) is 7.20. The van der Waals surface area contributed by atoms with Crippen molar-refractivity contribution in [3.8, 4) is 11.3 Å². The molecule has 2 aromatic carbocycles. The molecule has 0 aliphatic rings. The Labute approximate surface area is 186 Å². The Balaban J connectivity index is 2.02. The van der Waals surface area contributed by atoms with Crippen LogP contribution in [0, 0.1) is 0 Å². The lowest BCUT2D eigenvalue weighted by Crippen LogP contribution is -2.42. The number of hydrogen-bond donors (Lipinski definition) is 1. The highest BCUT2D eigenvalue weighted by Crippen LogP contribution is 2.26. The average molecular weight is 435 g/mol. The van der Waals surface area contributed by atoms with Crippen LogP contribution in [0.25, 0.3) is 11.3 Å². The molecule has 1 amide bonds. The van der Waals surface area contributed by atoms with Gasteiger partial charge in [0, 0.05) is 25.5 Å². The van der Waals surface area contributed by atoms with Crippen LogP contribution in [-0.2, 0) is 32.0 Å². The zero-order valence-corrected chi connectivity index (χ0v) is 18.2. The molecule has 1 heterocycles. The number of methoxy groups -OCH3 is 2. The maximum Gasteiger partial charge on any atom is 0.337 e. The van der Waals surface area contributed by atoms with Gasteiger partial charge in [-0.05, 0) is 17.7 Å². The first-order valence-electron chi connectivity index (χ1n) is 10.0. The van der Waals surface area contributed by atoms with E-state index in [0.717, 1.165) is 16.8 Å². The Kier molecular flexibility index (Phi) is 7.38. The van der Waals surface area contributed by atoms with Crippen LogP contribution in [-0.4, -0.2) is 47.7 Å². The maximum atomic E-state index is 12.2. The Morgan fingerprint density at radius 2 is 1.69 bits per heavy atom. The fraction of sp³-hybridized carbons (Fsp3) is 0.250. The van der Waals surface area contributed by atoms with Crippen molar-refractivity contribution in [2.45, 2.75) is 25.9 Å². The van der Waals surface area contributed by atoms with E-state index in [4.69, 9.17) is 9.47 Å². The minimum Gasteiger partial charge on any atom is -0.467 e. The summed E-state index contributed by atoms with van der Waals surface area (Å²) in [6.07, 6.45) is 1.86. The first-order valence-corrected chi connectivity index (χ1v) is 10.0. The predicted molar refractivity (Wildman–Crippen MR) is 118 cm³/mol. The van der Waals surface area contributed by atoms with Gasteiger partial charge in [-0.3, -0.25) is 4.79 Å². The van der Waals surface area contributed by atoms with Gasteiger partial charge in [0.25, 0.3) is 0 Å². The van der Waals surface area contributed by atoms with E-state index in [1.54, 1.807) is 30.6 Å². The van der Waals surface area contributed by atoms with Gasteiger partial charge in [-0.2, -0.15) is 0 Å². The number of imidazole rings is 1. The quantitative estimate of drug-likeness (QED) is 0.546. The fourth-order valence-corrected chi connectivity index (χ4v) is 3.46. The molecule has 0 saturated carbocycles. The van der Waals surface area contributed by atoms with Crippen molar-refractivity contribution >= 4 is 17.8 Å². The molecule has 3 rings (SSSR count). The normalized spacial score (nSPS) is 11.5. The molecule has 0 fully saturated rings. The summed E-state index contributed by atoms with van der Waals surface area (Å²) in [6, 6.07) is 16.0. The van der Waals surface area contributed by atoms with E-state index in [2.05, 4.69) is 10.3 Å². The minimum absolute atomic E-state index is 0.155. The highest BCUT2D eigenvalue weighted by Gasteiger charge is 2.25. The molecule has 0 saturated heterocycles. The van der Waals surface area contributed by atoms with E-state index in [1.165, 1.54) is 21.1 Å². The van der Waals surface area contributed by atoms with Gasteiger partial charge in [-0.15, -0.1) is 0 Å². The summed E-state index contributed by atoms with van der Waals surface area (Å²) in [7, 11) is 2.61. The minimum atomic E-state index is -0.870. The van der Waals surface area contributed by atoms with Crippen LogP contribution in [0.2, 0.25) is 0 Å². The number of carbonyl (C=O) groups is 3. The number of rotatable bonds is 8. The molecule has 8 nitrogen and oxygen atoms in total. The van der Waals surface area contributed by atoms with Crippen molar-refractivity contribution in [3.05, 3.63) is 77.7 Å².